The van der Waals surface area contributed by atoms with Gasteiger partial charge in [0.05, 0.1) is 19.1 Å². The maximum Gasteiger partial charge on any atom is 0.511 e. The van der Waals surface area contributed by atoms with Gasteiger partial charge in [0.1, 0.15) is 78.2 Å². The summed E-state index contributed by atoms with van der Waals surface area (Å²) < 4.78 is 21.8. The maximum atomic E-state index is 15.9. The molecule has 8 N–H and O–H groups in total. The monoisotopic (exact) mass is 1730 g/mol. The number of Topliss-reactive ketones (excluding diaryl/α,β-unsaturated/α-hetero) is 1. The molecule has 0 aromatic rings. The number of hydrogen-bond acceptors (Lipinski definition) is 23. The van der Waals surface area contributed by atoms with Crippen LogP contribution in [0, 0.1) is 70.0 Å². The van der Waals surface area contributed by atoms with Crippen molar-refractivity contribution in [2.45, 2.75) is 293 Å². The van der Waals surface area contributed by atoms with Crippen LogP contribution in [-0.2, 0) is 90.9 Å². The normalized spacial score (nSPS) is 30.5. The van der Waals surface area contributed by atoms with Crippen LogP contribution in [0.15, 0.2) is 36.0 Å². The van der Waals surface area contributed by atoms with Crippen LogP contribution >= 0.6 is 0 Å². The molecule has 20 atom stereocenters. The lowest BCUT2D eigenvalue weighted by Gasteiger charge is -2.59. The van der Waals surface area contributed by atoms with Crippen LogP contribution in [0.4, 0.5) is 4.79 Å². The van der Waals surface area contributed by atoms with Crippen molar-refractivity contribution < 1.29 is 106 Å². The van der Waals surface area contributed by atoms with Gasteiger partial charge >= 0.3 is 18.1 Å². The van der Waals surface area contributed by atoms with Gasteiger partial charge in [0.2, 0.25) is 77.6 Å². The van der Waals surface area contributed by atoms with Gasteiger partial charge in [0, 0.05) is 66.1 Å². The van der Waals surface area contributed by atoms with E-state index >= 15 is 19.2 Å². The number of allylic oxidation sites excluding steroid dienone is 6. The molecule has 1 aliphatic heterocycles. The molecule has 5 aliphatic rings. The molecule has 34 heteroatoms. The van der Waals surface area contributed by atoms with Gasteiger partial charge in [-0.05, 0) is 157 Å². The van der Waals surface area contributed by atoms with E-state index in [9.17, 15) is 67.7 Å². The van der Waals surface area contributed by atoms with Crippen molar-refractivity contribution in [2.75, 3.05) is 69.3 Å². The summed E-state index contributed by atoms with van der Waals surface area (Å²) in [6.45, 7) is 29.8. The minimum Gasteiger partial charge on any atom is -0.456 e. The quantitative estimate of drug-likeness (QED) is 0.0296. The van der Waals surface area contributed by atoms with Crippen molar-refractivity contribution in [1.29, 1.82) is 0 Å². The highest BCUT2D eigenvalue weighted by molar-refractivity contribution is 6.02. The molecule has 4 fully saturated rings. The van der Waals surface area contributed by atoms with Gasteiger partial charge in [0.25, 0.3) is 0 Å². The van der Waals surface area contributed by atoms with Crippen molar-refractivity contribution in [2.24, 2.45) is 75.7 Å². The number of aliphatic hydroxyl groups excluding tert-OH is 1. The Morgan fingerprint density at radius 1 is 0.602 bits per heavy atom. The van der Waals surface area contributed by atoms with E-state index in [4.69, 9.17) is 24.7 Å². The second kappa shape index (κ2) is 44.6. The van der Waals surface area contributed by atoms with E-state index < -0.39 is 228 Å². The topological polar surface area (TPSA) is 447 Å². The second-order valence-corrected chi connectivity index (χ2v) is 37.7. The summed E-state index contributed by atoms with van der Waals surface area (Å²) >= 11 is 0. The molecule has 0 bridgehead atoms. The van der Waals surface area contributed by atoms with Gasteiger partial charge < -0.3 is 90.5 Å². The molecule has 4 aliphatic carbocycles. The maximum absolute atomic E-state index is 15.9. The van der Waals surface area contributed by atoms with E-state index in [-0.39, 0.29) is 98.6 Å². The first-order chi connectivity index (χ1) is 57.1. The Kier molecular flexibility index (Phi) is 37.9. The molecule has 3 saturated carbocycles. The summed E-state index contributed by atoms with van der Waals surface area (Å²) in [5, 5.41) is 35.1. The number of nitrogens with zero attached hydrogens (tertiary/aromatic N) is 7. The molecule has 11 amide bonds. The molecule has 5 rings (SSSR count). The number of nitrogens with two attached hydrogens (primary N) is 1. The third-order valence-corrected chi connectivity index (χ3v) is 25.8. The Labute approximate surface area is 726 Å². The van der Waals surface area contributed by atoms with Crippen molar-refractivity contribution in [3.8, 4) is 0 Å². The summed E-state index contributed by atoms with van der Waals surface area (Å²) in [6, 6.07) is -15.6. The Morgan fingerprint density at radius 3 is 1.67 bits per heavy atom. The van der Waals surface area contributed by atoms with Crippen LogP contribution in [0.5, 0.6) is 0 Å². The predicted molar refractivity (Wildman–Crippen MR) is 456 cm³/mol. The minimum atomic E-state index is -2.02. The fourth-order valence-corrected chi connectivity index (χ4v) is 18.6. The van der Waals surface area contributed by atoms with Gasteiger partial charge in [-0.3, -0.25) is 71.9 Å². The molecule has 1 heterocycles. The van der Waals surface area contributed by atoms with Crippen LogP contribution in [0.2, 0.25) is 0 Å². The van der Waals surface area contributed by atoms with Crippen molar-refractivity contribution >= 4 is 94.6 Å². The summed E-state index contributed by atoms with van der Waals surface area (Å²) in [7, 11) is 9.41. The zero-order chi connectivity index (χ0) is 93.4. The number of amides is 11. The zero-order valence-electron chi connectivity index (χ0n) is 77.5. The lowest BCUT2D eigenvalue weighted by molar-refractivity contribution is -0.181. The molecule has 123 heavy (non-hydrogen) atoms. The average molecular weight is 1730 g/mol. The van der Waals surface area contributed by atoms with Crippen LogP contribution in [-0.4, -0.2) is 293 Å². The molecule has 0 aromatic heterocycles. The van der Waals surface area contributed by atoms with Gasteiger partial charge in [-0.2, -0.15) is 0 Å². The molecule has 13 unspecified atom stereocenters. The average Bonchev–Trinajstić information content (AvgIpc) is 1.59. The number of likely N-dealkylation sites (N-methyl/N-ethyl adjacent to an activating group) is 7. The molecule has 1 saturated heterocycles. The molecule has 0 spiro atoms. The van der Waals surface area contributed by atoms with Gasteiger partial charge in [0.15, 0.2) is 12.4 Å². The highest BCUT2D eigenvalue weighted by atomic mass is 16.8. The first-order valence-electron chi connectivity index (χ1n) is 43.6. The largest absolute Gasteiger partial charge is 0.511 e. The summed E-state index contributed by atoms with van der Waals surface area (Å²) in [6.07, 6.45) is 5.07. The van der Waals surface area contributed by atoms with Gasteiger partial charge in [-0.25, -0.2) is 4.79 Å². The van der Waals surface area contributed by atoms with E-state index in [1.807, 2.05) is 68.4 Å². The number of carbonyl (C=O) groups excluding carboxylic acids is 16. The minimum absolute atomic E-state index is 0.0208. The van der Waals surface area contributed by atoms with Crippen LogP contribution in [0.3, 0.4) is 0 Å². The summed E-state index contributed by atoms with van der Waals surface area (Å²) in [4.78, 5) is 240. The van der Waals surface area contributed by atoms with Crippen molar-refractivity contribution in [3.63, 3.8) is 0 Å². The number of nitrogens with one attached hydrogen (secondary N) is 4. The second-order valence-electron chi connectivity index (χ2n) is 37.7. The summed E-state index contributed by atoms with van der Waals surface area (Å²) in [5.41, 5.74) is 3.32. The number of aliphatic hydroxyl groups is 2. The number of carbonyl (C=O) groups is 16. The van der Waals surface area contributed by atoms with Crippen LogP contribution < -0.4 is 27.0 Å². The van der Waals surface area contributed by atoms with Crippen LogP contribution in [0.1, 0.15) is 209 Å². The zero-order valence-corrected chi connectivity index (χ0v) is 77.5. The van der Waals surface area contributed by atoms with Crippen molar-refractivity contribution in [1.82, 2.24) is 55.6 Å². The molecule has 692 valence electrons. The number of ketones is 2. The van der Waals surface area contributed by atoms with Crippen molar-refractivity contribution in [3.05, 3.63) is 36.0 Å². The smallest absolute Gasteiger partial charge is 0.456 e. The molecule has 0 radical (unpaired) electrons. The van der Waals surface area contributed by atoms with Gasteiger partial charge in [-0.1, -0.05) is 135 Å². The first-order valence-corrected chi connectivity index (χ1v) is 43.6. The van der Waals surface area contributed by atoms with Crippen LogP contribution in [0.25, 0.3) is 0 Å². The highest BCUT2D eigenvalue weighted by Gasteiger charge is 2.68. The number of rotatable bonds is 24. The third kappa shape index (κ3) is 25.1. The van der Waals surface area contributed by atoms with E-state index in [1.165, 1.54) is 84.0 Å². The summed E-state index contributed by atoms with van der Waals surface area (Å²) in [5.74, 6) is -15.9. The lowest BCUT2D eigenvalue weighted by atomic mass is 9.46. The Hall–Kier alpha value is -9.18. The molecule has 34 nitrogen and oxygen atoms in total. The molecule has 0 aromatic carbocycles. The standard InChI is InChI=1S/C89H144N12O22/c1-27-29-30-53(15)74(123-86(118)122-46-121-69(106)42-60(90)85(117)120-45-67(104)89(119)36-34-59-58-32-31-56-41-57(102)33-35-87(56,18)70(58)66(103)43-88(59,89)19)73-78(110)93-61(28-2)80(112)95(20)44-68(105)96(21)62(37-47(3)4)77(109)94-71(51(11)12)83(115)97(22)63(38-48(5)6)76(108)91-54(16)75(107)92-55(17)79(111)98(23)64(39-49(7)8)81(113)99(24)65(40-50(9)10)82(114)100(25)72(52(13)14)84(116)101(73)26/h27,29,33,35,41,47-55,58-66,70-74,103,119H,28,30-32,34,36-40,42-46,90H2,1-26H3,(H,91,108)(H,92,107)(H,93,110)(H,94,109)/b29-27+/t53-,54?,55?,58?,59?,60-,61?,62+,63?,64?,65?,66+,70?,71?,72?,73?,74?,87+,88+,89+/m1/s1. The molecular formula is C89H144N12O22. The lowest BCUT2D eigenvalue weighted by Crippen LogP contribution is -2.64. The number of ether oxygens (including phenoxy) is 4. The highest BCUT2D eigenvalue weighted by Crippen LogP contribution is 2.67. The Bertz CT molecular complexity index is 3940. The number of hydrogen-bond donors (Lipinski definition) is 7. The van der Waals surface area contributed by atoms with E-state index in [0.29, 0.717) is 19.3 Å². The molecular weight excluding hydrogens is 1590 g/mol. The van der Waals surface area contributed by atoms with E-state index in [0.717, 1.165) is 25.2 Å². The Balaban J connectivity index is 1.52. The first kappa shape index (κ1) is 104. The van der Waals surface area contributed by atoms with E-state index in [1.54, 1.807) is 73.6 Å². The fraction of sp³-hybridized carbons (Fsp3) is 0.753. The number of fused-ring (bicyclic) bond motifs is 5. The third-order valence-electron chi connectivity index (χ3n) is 25.8. The van der Waals surface area contributed by atoms with Gasteiger partial charge in [-0.15, -0.1) is 0 Å². The fourth-order valence-electron chi connectivity index (χ4n) is 18.6. The SMILES string of the molecule is C/C=C/C[C@@H](C)C(OC(=O)OCOC(=O)C[C@@H](N)C(=O)OCC(=O)[C@@]1(O)CCC2C3CCC4=CC(=O)C=C[C@]4(C)C3[C@@H](O)C[C@@]21C)C1C(=O)NC(CC)C(=O)N(C)CC(=O)N(C)[C@@H](CC(C)C)C(=O)NC(C(C)C)C(=O)N(C)C(CC(C)C)C(=O)NC(C)C(=O)NC(C)C(=O)N(C)C(CC(C)C)C(=O)N(C)C(CC(C)C)C(=O)N(C)C(C(C)C)C(=O)N1C. The van der Waals surface area contributed by atoms with E-state index in [2.05, 4.69) is 21.3 Å². The predicted octanol–water partition coefficient (Wildman–Crippen LogP) is 4.77. The number of esters is 2. The Morgan fingerprint density at radius 2 is 1.12 bits per heavy atom.